The van der Waals surface area contributed by atoms with Gasteiger partial charge in [-0.3, -0.25) is 4.79 Å². The van der Waals surface area contributed by atoms with Crippen LogP contribution in [0.1, 0.15) is 21.6 Å². The van der Waals surface area contributed by atoms with Crippen LogP contribution in [0.25, 0.3) is 16.6 Å². The second kappa shape index (κ2) is 6.56. The third-order valence-electron chi connectivity index (χ3n) is 4.47. The lowest BCUT2D eigenvalue weighted by molar-refractivity contribution is -0.138. The molecule has 4 aromatic rings. The molecule has 2 N–H and O–H groups in total. The highest BCUT2D eigenvalue weighted by Crippen LogP contribution is 2.32. The first-order valence-electron chi connectivity index (χ1n) is 8.42. The zero-order chi connectivity index (χ0) is 19.9. The van der Waals surface area contributed by atoms with Crippen molar-refractivity contribution in [2.24, 2.45) is 0 Å². The molecule has 0 saturated heterocycles. The van der Waals surface area contributed by atoms with Gasteiger partial charge in [0.05, 0.1) is 11.3 Å². The molecule has 1 amide bonds. The smallest absolute Gasteiger partial charge is 0.359 e. The minimum Gasteiger partial charge on any atom is -0.359 e. The average Bonchev–Trinajstić information content (AvgIpc) is 3.28. The number of anilines is 1. The highest BCUT2D eigenvalue weighted by molar-refractivity contribution is 6.07. The van der Waals surface area contributed by atoms with Crippen LogP contribution in [0, 0.1) is 6.92 Å². The maximum absolute atomic E-state index is 12.9. The first kappa shape index (κ1) is 17.8. The van der Waals surface area contributed by atoms with Gasteiger partial charge in [0.15, 0.2) is 0 Å². The number of imidazole rings is 1. The monoisotopic (exact) mass is 384 g/mol. The van der Waals surface area contributed by atoms with Crippen molar-refractivity contribution in [3.8, 4) is 5.69 Å². The maximum atomic E-state index is 12.9. The number of halogens is 3. The Kier molecular flexibility index (Phi) is 4.18. The van der Waals surface area contributed by atoms with Gasteiger partial charge >= 0.3 is 6.18 Å². The topological polar surface area (TPSA) is 62.7 Å². The number of rotatable bonds is 3. The fraction of sp³-hybridized carbons (Fsp3) is 0.100. The average molecular weight is 384 g/mol. The van der Waals surface area contributed by atoms with Gasteiger partial charge in [-0.15, -0.1) is 0 Å². The number of H-pyrrole nitrogens is 1. The van der Waals surface area contributed by atoms with Gasteiger partial charge in [0.2, 0.25) is 0 Å². The van der Waals surface area contributed by atoms with E-state index in [-0.39, 0.29) is 11.3 Å². The number of benzene rings is 2. The third-order valence-corrected chi connectivity index (χ3v) is 4.47. The van der Waals surface area contributed by atoms with Crippen LogP contribution in [-0.4, -0.2) is 20.4 Å². The highest BCUT2D eigenvalue weighted by Gasteiger charge is 2.32. The molecule has 2 aromatic carbocycles. The number of nitrogens with one attached hydrogen (secondary N) is 2. The summed E-state index contributed by atoms with van der Waals surface area (Å²) in [6.45, 7) is 1.40. The van der Waals surface area contributed by atoms with E-state index in [1.54, 1.807) is 6.20 Å². The van der Waals surface area contributed by atoms with Gasteiger partial charge in [-0.2, -0.15) is 13.2 Å². The molecule has 0 radical (unpaired) electrons. The van der Waals surface area contributed by atoms with Crippen molar-refractivity contribution in [2.45, 2.75) is 13.1 Å². The summed E-state index contributed by atoms with van der Waals surface area (Å²) in [7, 11) is 0. The summed E-state index contributed by atoms with van der Waals surface area (Å²) in [5.74, 6) is -0.410. The summed E-state index contributed by atoms with van der Waals surface area (Å²) < 4.78 is 40.2. The Morgan fingerprint density at radius 3 is 2.71 bits per heavy atom. The molecular formula is C20H15F3N4O. The molecule has 0 unspecified atom stereocenters. The predicted octanol–water partition coefficient (Wildman–Crippen LogP) is 4.93. The second-order valence-electron chi connectivity index (χ2n) is 6.37. The molecule has 5 nitrogen and oxygen atoms in total. The Labute approximate surface area is 157 Å². The molecule has 0 aliphatic carbocycles. The van der Waals surface area contributed by atoms with Gasteiger partial charge in [-0.05, 0) is 36.8 Å². The molecule has 142 valence electrons. The molecule has 28 heavy (non-hydrogen) atoms. The minimum absolute atomic E-state index is 0.100. The lowest BCUT2D eigenvalue weighted by Gasteiger charge is -2.11. The van der Waals surface area contributed by atoms with Crippen LogP contribution < -0.4 is 5.32 Å². The van der Waals surface area contributed by atoms with Crippen molar-refractivity contribution in [3.63, 3.8) is 0 Å². The van der Waals surface area contributed by atoms with Gasteiger partial charge < -0.3 is 14.9 Å². The van der Waals surface area contributed by atoms with Crippen molar-refractivity contribution >= 4 is 22.5 Å². The molecule has 0 atom stereocenters. The van der Waals surface area contributed by atoms with Crippen molar-refractivity contribution in [3.05, 3.63) is 78.0 Å². The molecule has 0 bridgehead atoms. The van der Waals surface area contributed by atoms with Crippen LogP contribution >= 0.6 is 0 Å². The van der Waals surface area contributed by atoms with Gasteiger partial charge in [0.1, 0.15) is 12.0 Å². The molecule has 8 heteroatoms. The van der Waals surface area contributed by atoms with Crippen LogP contribution in [0.5, 0.6) is 0 Å². The van der Waals surface area contributed by atoms with Crippen molar-refractivity contribution < 1.29 is 18.0 Å². The maximum Gasteiger partial charge on any atom is 0.416 e. The van der Waals surface area contributed by atoms with Gasteiger partial charge in [-0.25, -0.2) is 4.98 Å². The first-order valence-corrected chi connectivity index (χ1v) is 8.42. The summed E-state index contributed by atoms with van der Waals surface area (Å²) in [4.78, 5) is 19.6. The molecule has 0 spiro atoms. The van der Waals surface area contributed by atoms with E-state index in [2.05, 4.69) is 15.3 Å². The summed E-state index contributed by atoms with van der Waals surface area (Å²) in [5, 5.41) is 3.66. The Balaban J connectivity index is 1.57. The van der Waals surface area contributed by atoms with Crippen molar-refractivity contribution in [1.82, 2.24) is 14.5 Å². The van der Waals surface area contributed by atoms with Gasteiger partial charge in [0, 0.05) is 29.0 Å². The number of alkyl halides is 3. The number of nitrogens with zero attached hydrogens (tertiary/aromatic N) is 2. The number of amides is 1. The quantitative estimate of drug-likeness (QED) is 0.526. The first-order chi connectivity index (χ1) is 13.3. The normalized spacial score (nSPS) is 11.7. The zero-order valence-electron chi connectivity index (χ0n) is 14.7. The molecule has 4 rings (SSSR count). The molecule has 0 aliphatic rings. The van der Waals surface area contributed by atoms with E-state index in [9.17, 15) is 18.0 Å². The van der Waals surface area contributed by atoms with Gasteiger partial charge in [0.25, 0.3) is 5.91 Å². The van der Waals surface area contributed by atoms with Crippen LogP contribution in [0.3, 0.4) is 0 Å². The molecule has 0 aliphatic heterocycles. The fourth-order valence-electron chi connectivity index (χ4n) is 3.07. The molecular weight excluding hydrogens is 369 g/mol. The summed E-state index contributed by atoms with van der Waals surface area (Å²) in [5.41, 5.74) is 1.58. The predicted molar refractivity (Wildman–Crippen MR) is 99.6 cm³/mol. The highest BCUT2D eigenvalue weighted by atomic mass is 19.4. The van der Waals surface area contributed by atoms with Gasteiger partial charge in [-0.1, -0.05) is 18.2 Å². The molecule has 0 saturated carbocycles. The Hall–Kier alpha value is -3.55. The largest absolute Gasteiger partial charge is 0.416 e. The number of para-hydroxylation sites is 1. The van der Waals surface area contributed by atoms with E-state index in [1.807, 2.05) is 24.3 Å². The number of aromatic amines is 1. The Bertz CT molecular complexity index is 1170. The minimum atomic E-state index is -4.40. The van der Waals surface area contributed by atoms with Crippen molar-refractivity contribution in [2.75, 3.05) is 5.32 Å². The zero-order valence-corrected chi connectivity index (χ0v) is 14.7. The van der Waals surface area contributed by atoms with E-state index in [1.165, 1.54) is 36.1 Å². The van der Waals surface area contributed by atoms with E-state index >= 15 is 0 Å². The van der Waals surface area contributed by atoms with E-state index < -0.39 is 17.6 Å². The standard InChI is InChI=1S/C20H15F3N4O/c1-12-8-13(6-7-15(12)20(21,22)23)27-10-18(25-11-27)19(28)26-17-9-24-16-5-3-2-4-14(16)17/h2-11,24H,1H3,(H,26,28). The Morgan fingerprint density at radius 1 is 1.18 bits per heavy atom. The second-order valence-corrected chi connectivity index (χ2v) is 6.37. The summed E-state index contributed by atoms with van der Waals surface area (Å²) in [6.07, 6.45) is 0.166. The molecule has 2 aromatic heterocycles. The lowest BCUT2D eigenvalue weighted by Crippen LogP contribution is -2.12. The van der Waals surface area contributed by atoms with Crippen molar-refractivity contribution in [1.29, 1.82) is 0 Å². The molecule has 0 fully saturated rings. The SMILES string of the molecule is Cc1cc(-n2cnc(C(=O)Nc3c[nH]c4ccccc34)c2)ccc1C(F)(F)F. The number of fused-ring (bicyclic) bond motifs is 1. The van der Waals surface area contributed by atoms with Crippen LogP contribution in [0.15, 0.2) is 61.2 Å². The number of hydrogen-bond acceptors (Lipinski definition) is 2. The fourth-order valence-corrected chi connectivity index (χ4v) is 3.07. The number of carbonyl (C=O) groups is 1. The van der Waals surface area contributed by atoms with E-state index in [0.29, 0.717) is 11.4 Å². The van der Waals surface area contributed by atoms with Crippen LogP contribution in [0.4, 0.5) is 18.9 Å². The number of aromatic nitrogens is 3. The van der Waals surface area contributed by atoms with Crippen LogP contribution in [0.2, 0.25) is 0 Å². The van der Waals surface area contributed by atoms with E-state index in [0.717, 1.165) is 17.0 Å². The number of aryl methyl sites for hydroxylation is 1. The lowest BCUT2D eigenvalue weighted by atomic mass is 10.1. The Morgan fingerprint density at radius 2 is 1.96 bits per heavy atom. The molecule has 2 heterocycles. The van der Waals surface area contributed by atoms with E-state index in [4.69, 9.17) is 0 Å². The number of hydrogen-bond donors (Lipinski definition) is 2. The summed E-state index contributed by atoms with van der Waals surface area (Å²) in [6, 6.07) is 11.3. The number of carbonyl (C=O) groups excluding carboxylic acids is 1. The van der Waals surface area contributed by atoms with Crippen LogP contribution in [-0.2, 0) is 6.18 Å². The third kappa shape index (κ3) is 3.24. The summed E-state index contributed by atoms with van der Waals surface area (Å²) >= 11 is 0.